The molecule has 0 bridgehead atoms. The molecule has 0 aliphatic heterocycles. The van der Waals surface area contributed by atoms with Crippen molar-refractivity contribution in [3.63, 3.8) is 0 Å². The Morgan fingerprint density at radius 2 is 1.79 bits per heavy atom. The minimum Gasteiger partial charge on any atom is -0.383 e. The lowest BCUT2D eigenvalue weighted by Crippen LogP contribution is -2.34. The lowest BCUT2D eigenvalue weighted by atomic mass is 9.94. The predicted molar refractivity (Wildman–Crippen MR) is 93.1 cm³/mol. The summed E-state index contributed by atoms with van der Waals surface area (Å²) in [6, 6.07) is 6.15. The van der Waals surface area contributed by atoms with Gasteiger partial charge in [0.05, 0.1) is 12.2 Å². The molecular weight excluding hydrogens is 307 g/mol. The van der Waals surface area contributed by atoms with Crippen LogP contribution >= 0.6 is 0 Å². The topological polar surface area (TPSA) is 64.2 Å². The highest BCUT2D eigenvalue weighted by Gasteiger charge is 2.28. The van der Waals surface area contributed by atoms with E-state index in [-0.39, 0.29) is 29.7 Å². The Morgan fingerprint density at radius 1 is 1.21 bits per heavy atom. The third kappa shape index (κ3) is 3.42. The van der Waals surface area contributed by atoms with Crippen molar-refractivity contribution in [2.45, 2.75) is 39.8 Å². The summed E-state index contributed by atoms with van der Waals surface area (Å²) in [5.41, 5.74) is 7.36. The Morgan fingerprint density at radius 3 is 2.25 bits per heavy atom. The molecule has 0 radical (unpaired) electrons. The van der Waals surface area contributed by atoms with E-state index >= 15 is 0 Å². The number of carbonyl (C=O) groups excluding carboxylic acids is 1. The second-order valence-corrected chi connectivity index (χ2v) is 6.64. The van der Waals surface area contributed by atoms with Crippen molar-refractivity contribution in [2.75, 3.05) is 12.8 Å². The van der Waals surface area contributed by atoms with Crippen LogP contribution in [0.15, 0.2) is 30.5 Å². The maximum absolute atomic E-state index is 13.2. The summed E-state index contributed by atoms with van der Waals surface area (Å²) in [5.74, 6) is 0.0364. The minimum atomic E-state index is -0.294. The van der Waals surface area contributed by atoms with Gasteiger partial charge in [0.25, 0.3) is 5.91 Å². The third-order valence-electron chi connectivity index (χ3n) is 4.13. The van der Waals surface area contributed by atoms with Gasteiger partial charge in [0.15, 0.2) is 0 Å². The number of halogens is 1. The molecule has 0 fully saturated rings. The maximum Gasteiger partial charge on any atom is 0.259 e. The molecule has 1 heterocycles. The first-order chi connectivity index (χ1) is 11.2. The first kappa shape index (κ1) is 18.0. The van der Waals surface area contributed by atoms with Crippen LogP contribution in [0.5, 0.6) is 0 Å². The fraction of sp³-hybridized carbons (Fsp3) is 0.444. The lowest BCUT2D eigenvalue weighted by molar-refractivity contribution is 0.0688. The zero-order valence-electron chi connectivity index (χ0n) is 14.8. The monoisotopic (exact) mass is 332 g/mol. The van der Waals surface area contributed by atoms with E-state index in [1.165, 1.54) is 18.3 Å². The van der Waals surface area contributed by atoms with Crippen LogP contribution in [0.2, 0.25) is 0 Å². The minimum absolute atomic E-state index is 0.0786. The SMILES string of the molecule is CC(C)C(c1ccc(F)cc1)N(C)C(=O)c1cnn(C(C)C)c1N. The molecular formula is C18H25FN4O. The van der Waals surface area contributed by atoms with Crippen LogP contribution in [0.25, 0.3) is 0 Å². The number of rotatable bonds is 5. The van der Waals surface area contributed by atoms with Crippen molar-refractivity contribution in [2.24, 2.45) is 5.92 Å². The average molecular weight is 332 g/mol. The van der Waals surface area contributed by atoms with Crippen LogP contribution in [0.3, 0.4) is 0 Å². The summed E-state index contributed by atoms with van der Waals surface area (Å²) in [6.07, 6.45) is 1.51. The summed E-state index contributed by atoms with van der Waals surface area (Å²) < 4.78 is 14.8. The Hall–Kier alpha value is -2.37. The Kier molecular flexibility index (Phi) is 5.26. The van der Waals surface area contributed by atoms with Gasteiger partial charge in [0.1, 0.15) is 17.2 Å². The second kappa shape index (κ2) is 7.03. The molecule has 1 atom stereocenters. The number of nitrogens with two attached hydrogens (primary N) is 1. The molecule has 2 rings (SSSR count). The van der Waals surface area contributed by atoms with E-state index in [1.807, 2.05) is 27.7 Å². The molecule has 6 heteroatoms. The zero-order chi connectivity index (χ0) is 18.0. The van der Waals surface area contributed by atoms with Gasteiger partial charge < -0.3 is 10.6 Å². The molecule has 24 heavy (non-hydrogen) atoms. The van der Waals surface area contributed by atoms with Gasteiger partial charge in [-0.15, -0.1) is 0 Å². The molecule has 1 unspecified atom stereocenters. The molecule has 0 aliphatic carbocycles. The van der Waals surface area contributed by atoms with Crippen LogP contribution < -0.4 is 5.73 Å². The first-order valence-electron chi connectivity index (χ1n) is 8.09. The van der Waals surface area contributed by atoms with E-state index in [9.17, 15) is 9.18 Å². The van der Waals surface area contributed by atoms with E-state index in [0.717, 1.165) is 5.56 Å². The number of aromatic nitrogens is 2. The highest BCUT2D eigenvalue weighted by Crippen LogP contribution is 2.30. The van der Waals surface area contributed by atoms with Gasteiger partial charge in [-0.1, -0.05) is 26.0 Å². The number of hydrogen-bond donors (Lipinski definition) is 1. The van der Waals surface area contributed by atoms with Gasteiger partial charge in [-0.05, 0) is 37.5 Å². The molecule has 130 valence electrons. The van der Waals surface area contributed by atoms with Gasteiger partial charge in [0, 0.05) is 13.1 Å². The highest BCUT2D eigenvalue weighted by molar-refractivity contribution is 5.98. The number of nitrogen functional groups attached to an aromatic ring is 1. The fourth-order valence-corrected chi connectivity index (χ4v) is 2.98. The van der Waals surface area contributed by atoms with Crippen molar-refractivity contribution in [1.29, 1.82) is 0 Å². The van der Waals surface area contributed by atoms with Crippen LogP contribution in [-0.2, 0) is 0 Å². The predicted octanol–water partition coefficient (Wildman–Crippen LogP) is 3.65. The molecule has 1 aromatic carbocycles. The first-order valence-corrected chi connectivity index (χ1v) is 8.09. The quantitative estimate of drug-likeness (QED) is 0.909. The molecule has 0 saturated carbocycles. The Balaban J connectivity index is 2.34. The Bertz CT molecular complexity index is 706. The second-order valence-electron chi connectivity index (χ2n) is 6.64. The van der Waals surface area contributed by atoms with E-state index < -0.39 is 0 Å². The molecule has 1 aromatic heterocycles. The summed E-state index contributed by atoms with van der Waals surface area (Å²) in [4.78, 5) is 14.6. The van der Waals surface area contributed by atoms with Crippen molar-refractivity contribution in [3.8, 4) is 0 Å². The Labute approximate surface area is 142 Å². The molecule has 1 amide bonds. The number of anilines is 1. The van der Waals surface area contributed by atoms with E-state index in [0.29, 0.717) is 11.4 Å². The number of amides is 1. The van der Waals surface area contributed by atoms with Crippen molar-refractivity contribution < 1.29 is 9.18 Å². The normalized spacial score (nSPS) is 12.7. The van der Waals surface area contributed by atoms with E-state index in [1.54, 1.807) is 28.8 Å². The van der Waals surface area contributed by atoms with Gasteiger partial charge in [0.2, 0.25) is 0 Å². The zero-order valence-corrected chi connectivity index (χ0v) is 14.8. The standard InChI is InChI=1S/C18H25FN4O/c1-11(2)16(13-6-8-14(19)9-7-13)22(5)18(24)15-10-21-23(12(3)4)17(15)20/h6-12,16H,20H2,1-5H3. The largest absolute Gasteiger partial charge is 0.383 e. The number of hydrogen-bond acceptors (Lipinski definition) is 3. The molecule has 2 N–H and O–H groups in total. The number of nitrogens with zero attached hydrogens (tertiary/aromatic N) is 3. The van der Waals surface area contributed by atoms with E-state index in [4.69, 9.17) is 5.73 Å². The lowest BCUT2D eigenvalue weighted by Gasteiger charge is -2.31. The van der Waals surface area contributed by atoms with Crippen LogP contribution in [0.1, 0.15) is 55.7 Å². The fourth-order valence-electron chi connectivity index (χ4n) is 2.98. The highest BCUT2D eigenvalue weighted by atomic mass is 19.1. The summed E-state index contributed by atoms with van der Waals surface area (Å²) in [6.45, 7) is 7.96. The maximum atomic E-state index is 13.2. The van der Waals surface area contributed by atoms with E-state index in [2.05, 4.69) is 5.10 Å². The molecule has 0 saturated heterocycles. The van der Waals surface area contributed by atoms with Crippen LogP contribution in [0, 0.1) is 11.7 Å². The molecule has 2 aromatic rings. The van der Waals surface area contributed by atoms with Crippen LogP contribution in [0.4, 0.5) is 10.2 Å². The summed E-state index contributed by atoms with van der Waals surface area (Å²) in [7, 11) is 1.74. The van der Waals surface area contributed by atoms with Gasteiger partial charge in [-0.3, -0.25) is 4.79 Å². The smallest absolute Gasteiger partial charge is 0.259 e. The molecule has 0 spiro atoms. The van der Waals surface area contributed by atoms with Gasteiger partial charge in [-0.2, -0.15) is 5.10 Å². The summed E-state index contributed by atoms with van der Waals surface area (Å²) >= 11 is 0. The van der Waals surface area contributed by atoms with Crippen molar-refractivity contribution in [1.82, 2.24) is 14.7 Å². The van der Waals surface area contributed by atoms with Gasteiger partial charge >= 0.3 is 0 Å². The molecule has 5 nitrogen and oxygen atoms in total. The van der Waals surface area contributed by atoms with Crippen molar-refractivity contribution in [3.05, 3.63) is 47.4 Å². The van der Waals surface area contributed by atoms with Crippen molar-refractivity contribution >= 4 is 11.7 Å². The van der Waals surface area contributed by atoms with Gasteiger partial charge in [-0.25, -0.2) is 9.07 Å². The average Bonchev–Trinajstić information content (AvgIpc) is 2.90. The molecule has 0 aliphatic rings. The number of benzene rings is 1. The number of carbonyl (C=O) groups is 1. The third-order valence-corrected chi connectivity index (χ3v) is 4.13. The summed E-state index contributed by atoms with van der Waals surface area (Å²) in [5, 5.41) is 4.20. The van der Waals surface area contributed by atoms with Crippen LogP contribution in [-0.4, -0.2) is 27.6 Å².